The lowest BCUT2D eigenvalue weighted by atomic mass is 10.2. The van der Waals surface area contributed by atoms with Crippen molar-refractivity contribution in [2.75, 3.05) is 6.54 Å². The Labute approximate surface area is 56.3 Å². The van der Waals surface area contributed by atoms with E-state index in [0.29, 0.717) is 0 Å². The molecule has 0 aromatic carbocycles. The molecule has 1 aliphatic carbocycles. The second-order valence-corrected chi connectivity index (χ2v) is 2.70. The summed E-state index contributed by atoms with van der Waals surface area (Å²) >= 11 is 0. The lowest BCUT2D eigenvalue weighted by molar-refractivity contribution is 0.505. The van der Waals surface area contributed by atoms with Crippen molar-refractivity contribution >= 4 is 12.4 Å². The summed E-state index contributed by atoms with van der Waals surface area (Å²) in [6.45, 7) is 1.28. The van der Waals surface area contributed by atoms with Crippen LogP contribution in [0.2, 0.25) is 0 Å². The molecule has 1 nitrogen and oxygen atoms in total. The van der Waals surface area contributed by atoms with E-state index in [9.17, 15) is 0 Å². The highest BCUT2D eigenvalue weighted by Crippen LogP contribution is 2.36. The molecule has 48 valence electrons. The Hall–Kier alpha value is 0.250. The zero-order valence-corrected chi connectivity index (χ0v) is 5.71. The maximum atomic E-state index is 3.46. The molecule has 1 N–H and O–H groups in total. The Kier molecular flexibility index (Phi) is 1.78. The van der Waals surface area contributed by atoms with Gasteiger partial charge in [-0.15, -0.1) is 12.4 Å². The number of hydrogen-bond acceptors (Lipinski definition) is 1. The van der Waals surface area contributed by atoms with Crippen molar-refractivity contribution in [3.63, 3.8) is 0 Å². The Morgan fingerprint density at radius 3 is 2.75 bits per heavy atom. The van der Waals surface area contributed by atoms with Crippen LogP contribution in [0, 0.1) is 5.92 Å². The second-order valence-electron chi connectivity index (χ2n) is 2.70. The summed E-state index contributed by atoms with van der Waals surface area (Å²) in [6.07, 6.45) is 4.39. The van der Waals surface area contributed by atoms with Gasteiger partial charge in [0.25, 0.3) is 0 Å². The first-order chi connectivity index (χ1) is 3.47. The van der Waals surface area contributed by atoms with Crippen molar-refractivity contribution in [2.24, 2.45) is 5.92 Å². The van der Waals surface area contributed by atoms with Gasteiger partial charge in [0.1, 0.15) is 0 Å². The van der Waals surface area contributed by atoms with Gasteiger partial charge in [0.15, 0.2) is 0 Å². The third-order valence-corrected chi connectivity index (χ3v) is 2.08. The standard InChI is InChI=1S/C6H11N.ClH/c1-2-5-4-6(5)7-3-1;/h5-7H,1-4H2;1H. The molecule has 2 rings (SSSR count). The minimum absolute atomic E-state index is 0. The molecule has 0 radical (unpaired) electrons. The van der Waals surface area contributed by atoms with E-state index < -0.39 is 0 Å². The molecule has 2 aliphatic rings. The number of piperidine rings is 1. The molecular formula is C6H12ClN. The highest BCUT2D eigenvalue weighted by atomic mass is 35.5. The number of hydrogen-bond donors (Lipinski definition) is 1. The lowest BCUT2D eigenvalue weighted by Gasteiger charge is -2.08. The van der Waals surface area contributed by atoms with Gasteiger partial charge in [-0.1, -0.05) is 0 Å². The molecule has 0 amide bonds. The average molecular weight is 134 g/mol. The molecule has 0 aromatic rings. The molecular weight excluding hydrogens is 122 g/mol. The summed E-state index contributed by atoms with van der Waals surface area (Å²) in [5.74, 6) is 1.09. The summed E-state index contributed by atoms with van der Waals surface area (Å²) < 4.78 is 0. The first kappa shape index (κ1) is 6.37. The predicted molar refractivity (Wildman–Crippen MR) is 36.4 cm³/mol. The number of fused-ring (bicyclic) bond motifs is 1. The summed E-state index contributed by atoms with van der Waals surface area (Å²) in [5.41, 5.74) is 0. The number of nitrogens with one attached hydrogen (secondary N) is 1. The Morgan fingerprint density at radius 1 is 1.38 bits per heavy atom. The Balaban J connectivity index is 0.000000320. The third kappa shape index (κ3) is 0.981. The highest BCUT2D eigenvalue weighted by Gasteiger charge is 2.37. The van der Waals surface area contributed by atoms with Crippen LogP contribution in [0.4, 0.5) is 0 Å². The van der Waals surface area contributed by atoms with E-state index in [2.05, 4.69) is 5.32 Å². The van der Waals surface area contributed by atoms with Crippen LogP contribution >= 0.6 is 12.4 Å². The summed E-state index contributed by atoms with van der Waals surface area (Å²) in [4.78, 5) is 0. The molecule has 1 aliphatic heterocycles. The van der Waals surface area contributed by atoms with E-state index in [-0.39, 0.29) is 12.4 Å². The maximum Gasteiger partial charge on any atom is 0.00991 e. The van der Waals surface area contributed by atoms with Crippen LogP contribution in [0.15, 0.2) is 0 Å². The Morgan fingerprint density at radius 2 is 2.25 bits per heavy atom. The van der Waals surface area contributed by atoms with Crippen LogP contribution < -0.4 is 5.32 Å². The van der Waals surface area contributed by atoms with Crippen LogP contribution in [0.5, 0.6) is 0 Å². The van der Waals surface area contributed by atoms with Crippen molar-refractivity contribution in [1.82, 2.24) is 5.32 Å². The largest absolute Gasteiger partial charge is 0.314 e. The van der Waals surface area contributed by atoms with Crippen LogP contribution in [-0.2, 0) is 0 Å². The number of rotatable bonds is 0. The highest BCUT2D eigenvalue weighted by molar-refractivity contribution is 5.85. The molecule has 1 saturated heterocycles. The molecule has 2 fully saturated rings. The molecule has 2 atom stereocenters. The fraction of sp³-hybridized carbons (Fsp3) is 1.00. The monoisotopic (exact) mass is 133 g/mol. The van der Waals surface area contributed by atoms with Gasteiger partial charge in [-0.05, 0) is 31.7 Å². The first-order valence-electron chi connectivity index (χ1n) is 3.20. The van der Waals surface area contributed by atoms with Gasteiger partial charge in [0, 0.05) is 6.04 Å². The van der Waals surface area contributed by atoms with Gasteiger partial charge in [0.05, 0.1) is 0 Å². The van der Waals surface area contributed by atoms with Crippen molar-refractivity contribution in [1.29, 1.82) is 0 Å². The van der Waals surface area contributed by atoms with E-state index in [1.54, 1.807) is 0 Å². The third-order valence-electron chi connectivity index (χ3n) is 2.08. The molecule has 8 heavy (non-hydrogen) atoms. The molecule has 0 spiro atoms. The fourth-order valence-corrected chi connectivity index (χ4v) is 1.47. The van der Waals surface area contributed by atoms with E-state index in [0.717, 1.165) is 12.0 Å². The predicted octanol–water partition coefficient (Wildman–Crippen LogP) is 1.18. The normalized spacial score (nSPS) is 42.0. The van der Waals surface area contributed by atoms with Crippen molar-refractivity contribution in [2.45, 2.75) is 25.3 Å². The zero-order valence-electron chi connectivity index (χ0n) is 4.89. The van der Waals surface area contributed by atoms with Crippen molar-refractivity contribution in [3.05, 3.63) is 0 Å². The fourth-order valence-electron chi connectivity index (χ4n) is 1.47. The van der Waals surface area contributed by atoms with E-state index in [1.807, 2.05) is 0 Å². The first-order valence-corrected chi connectivity index (χ1v) is 3.20. The molecule has 0 bridgehead atoms. The van der Waals surface area contributed by atoms with Crippen LogP contribution in [0.1, 0.15) is 19.3 Å². The molecule has 2 unspecified atom stereocenters. The maximum absolute atomic E-state index is 3.46. The summed E-state index contributed by atoms with van der Waals surface area (Å²) in [6, 6.07) is 0.953. The van der Waals surface area contributed by atoms with Crippen molar-refractivity contribution in [3.8, 4) is 0 Å². The minimum atomic E-state index is 0. The van der Waals surface area contributed by atoms with E-state index in [1.165, 1.54) is 25.8 Å². The van der Waals surface area contributed by atoms with Crippen LogP contribution in [-0.4, -0.2) is 12.6 Å². The smallest absolute Gasteiger partial charge is 0.00991 e. The number of halogens is 1. The van der Waals surface area contributed by atoms with Gasteiger partial charge < -0.3 is 5.32 Å². The van der Waals surface area contributed by atoms with Gasteiger partial charge in [-0.3, -0.25) is 0 Å². The van der Waals surface area contributed by atoms with Crippen LogP contribution in [0.3, 0.4) is 0 Å². The van der Waals surface area contributed by atoms with Crippen molar-refractivity contribution < 1.29 is 0 Å². The molecule has 1 saturated carbocycles. The lowest BCUT2D eigenvalue weighted by Crippen LogP contribution is -2.23. The molecule has 0 aromatic heterocycles. The molecule has 2 heteroatoms. The SMILES string of the molecule is C1CNC2CC2C1.Cl. The zero-order chi connectivity index (χ0) is 4.69. The summed E-state index contributed by atoms with van der Waals surface area (Å²) in [7, 11) is 0. The quantitative estimate of drug-likeness (QED) is 0.524. The van der Waals surface area contributed by atoms with Crippen LogP contribution in [0.25, 0.3) is 0 Å². The van der Waals surface area contributed by atoms with Gasteiger partial charge in [-0.25, -0.2) is 0 Å². The van der Waals surface area contributed by atoms with E-state index >= 15 is 0 Å². The Bertz CT molecular complexity index is 74.6. The van der Waals surface area contributed by atoms with Gasteiger partial charge >= 0.3 is 0 Å². The second kappa shape index (κ2) is 2.24. The minimum Gasteiger partial charge on any atom is -0.314 e. The molecule has 1 heterocycles. The average Bonchev–Trinajstić information content (AvgIpc) is 2.41. The topological polar surface area (TPSA) is 12.0 Å². The van der Waals surface area contributed by atoms with Gasteiger partial charge in [0.2, 0.25) is 0 Å². The van der Waals surface area contributed by atoms with E-state index in [4.69, 9.17) is 0 Å². The van der Waals surface area contributed by atoms with Gasteiger partial charge in [-0.2, -0.15) is 0 Å². The summed E-state index contributed by atoms with van der Waals surface area (Å²) in [5, 5.41) is 3.46.